The summed E-state index contributed by atoms with van der Waals surface area (Å²) < 4.78 is 5.03. The van der Waals surface area contributed by atoms with E-state index in [1.54, 1.807) is 0 Å². The van der Waals surface area contributed by atoms with Crippen LogP contribution in [0, 0.1) is 12.8 Å². The van der Waals surface area contributed by atoms with Crippen LogP contribution in [0.5, 0.6) is 0 Å². The van der Waals surface area contributed by atoms with Crippen molar-refractivity contribution in [3.05, 3.63) is 11.7 Å². The highest BCUT2D eigenvalue weighted by Gasteiger charge is 2.15. The summed E-state index contributed by atoms with van der Waals surface area (Å²) >= 11 is 0. The fourth-order valence-corrected chi connectivity index (χ4v) is 0.783. The van der Waals surface area contributed by atoms with Crippen LogP contribution in [0.15, 0.2) is 4.52 Å². The first-order valence-corrected chi connectivity index (χ1v) is 4.91. The molecule has 76 valence electrons. The van der Waals surface area contributed by atoms with Gasteiger partial charge in [0, 0.05) is 5.92 Å². The van der Waals surface area contributed by atoms with Crippen molar-refractivity contribution in [3.8, 4) is 0 Å². The molecule has 1 aromatic rings. The fourth-order valence-electron chi connectivity index (χ4n) is 0.783. The fraction of sp³-hybridized carbons (Fsp3) is 0.800. The molecule has 0 N–H and O–H groups in total. The highest BCUT2D eigenvalue weighted by Crippen LogP contribution is 2.21. The molecule has 3 nitrogen and oxygen atoms in total. The van der Waals surface area contributed by atoms with Gasteiger partial charge in [0.05, 0.1) is 0 Å². The number of aromatic nitrogens is 2. The summed E-state index contributed by atoms with van der Waals surface area (Å²) in [4.78, 5) is 4.15. The van der Waals surface area contributed by atoms with E-state index < -0.39 is 0 Å². The summed E-state index contributed by atoms with van der Waals surface area (Å²) in [5, 5.41) is 3.73. The Morgan fingerprint density at radius 2 is 1.69 bits per heavy atom. The zero-order valence-electron chi connectivity index (χ0n) is 9.46. The van der Waals surface area contributed by atoms with Gasteiger partial charge in [-0.2, -0.15) is 4.98 Å². The monoisotopic (exact) mass is 184 g/mol. The minimum Gasteiger partial charge on any atom is -0.339 e. The molecule has 1 aromatic heterocycles. The maximum Gasteiger partial charge on any atom is 0.229 e. The standard InChI is InChI=1S/C8H14N2O.C2H6/c1-5(2)6(3)8-9-7(4)10-11-8;1-2/h5-6H,1-4H3;1-2H3/t6-;/m0./s1. The van der Waals surface area contributed by atoms with Crippen molar-refractivity contribution >= 4 is 0 Å². The Labute approximate surface area is 80.5 Å². The van der Waals surface area contributed by atoms with E-state index in [9.17, 15) is 0 Å². The topological polar surface area (TPSA) is 38.9 Å². The number of aryl methyl sites for hydroxylation is 1. The van der Waals surface area contributed by atoms with E-state index in [-0.39, 0.29) is 0 Å². The van der Waals surface area contributed by atoms with Gasteiger partial charge >= 0.3 is 0 Å². The van der Waals surface area contributed by atoms with E-state index in [1.807, 2.05) is 20.8 Å². The molecule has 0 spiro atoms. The molecule has 0 bridgehead atoms. The highest BCUT2D eigenvalue weighted by atomic mass is 16.5. The zero-order valence-corrected chi connectivity index (χ0v) is 9.46. The van der Waals surface area contributed by atoms with Crippen LogP contribution in [0.25, 0.3) is 0 Å². The number of hydrogen-bond donors (Lipinski definition) is 0. The van der Waals surface area contributed by atoms with Crippen molar-refractivity contribution in [1.82, 2.24) is 10.1 Å². The second kappa shape index (κ2) is 5.73. The summed E-state index contributed by atoms with van der Waals surface area (Å²) in [6.07, 6.45) is 0. The molecule has 0 aliphatic heterocycles. The van der Waals surface area contributed by atoms with Crippen molar-refractivity contribution in [1.29, 1.82) is 0 Å². The smallest absolute Gasteiger partial charge is 0.229 e. The first kappa shape index (κ1) is 12.1. The van der Waals surface area contributed by atoms with Gasteiger partial charge in [-0.05, 0) is 12.8 Å². The average Bonchev–Trinajstić information content (AvgIpc) is 2.54. The Balaban J connectivity index is 0.000000671. The van der Waals surface area contributed by atoms with Gasteiger partial charge < -0.3 is 4.52 Å². The summed E-state index contributed by atoms with van der Waals surface area (Å²) in [5.41, 5.74) is 0. The third-order valence-corrected chi connectivity index (χ3v) is 1.93. The predicted molar refractivity (Wildman–Crippen MR) is 53.6 cm³/mol. The van der Waals surface area contributed by atoms with Gasteiger partial charge in [-0.1, -0.05) is 39.8 Å². The van der Waals surface area contributed by atoms with Gasteiger partial charge in [0.2, 0.25) is 5.89 Å². The molecule has 1 heterocycles. The second-order valence-corrected chi connectivity index (χ2v) is 3.21. The van der Waals surface area contributed by atoms with Crippen LogP contribution in [0.2, 0.25) is 0 Å². The Bertz CT molecular complexity index is 231. The lowest BCUT2D eigenvalue weighted by molar-refractivity contribution is 0.329. The molecule has 1 rings (SSSR count). The molecule has 13 heavy (non-hydrogen) atoms. The van der Waals surface area contributed by atoms with Gasteiger partial charge in [0.1, 0.15) is 0 Å². The van der Waals surface area contributed by atoms with Gasteiger partial charge in [-0.15, -0.1) is 0 Å². The molecule has 0 fully saturated rings. The van der Waals surface area contributed by atoms with E-state index in [1.165, 1.54) is 0 Å². The lowest BCUT2D eigenvalue weighted by atomic mass is 9.98. The van der Waals surface area contributed by atoms with Crippen LogP contribution in [-0.2, 0) is 0 Å². The SMILES string of the molecule is CC.Cc1noc([C@@H](C)C(C)C)n1. The minimum absolute atomic E-state index is 0.358. The number of rotatable bonds is 2. The quantitative estimate of drug-likeness (QED) is 0.708. The maximum absolute atomic E-state index is 5.03. The summed E-state index contributed by atoms with van der Waals surface area (Å²) in [7, 11) is 0. The molecular weight excluding hydrogens is 164 g/mol. The first-order chi connectivity index (χ1) is 6.11. The first-order valence-electron chi connectivity index (χ1n) is 4.91. The van der Waals surface area contributed by atoms with Gasteiger partial charge in [-0.25, -0.2) is 0 Å². The molecule has 1 atom stereocenters. The van der Waals surface area contributed by atoms with E-state index in [4.69, 9.17) is 4.52 Å². The minimum atomic E-state index is 0.358. The molecule has 0 amide bonds. The molecule has 0 aliphatic rings. The third-order valence-electron chi connectivity index (χ3n) is 1.93. The van der Waals surface area contributed by atoms with Gasteiger partial charge in [0.15, 0.2) is 5.82 Å². The Morgan fingerprint density at radius 1 is 1.15 bits per heavy atom. The van der Waals surface area contributed by atoms with Crippen molar-refractivity contribution in [2.24, 2.45) is 5.92 Å². The largest absolute Gasteiger partial charge is 0.339 e. The Hall–Kier alpha value is -0.860. The molecule has 0 saturated carbocycles. The zero-order chi connectivity index (χ0) is 10.4. The van der Waals surface area contributed by atoms with Crippen molar-refractivity contribution in [3.63, 3.8) is 0 Å². The van der Waals surface area contributed by atoms with E-state index in [2.05, 4.69) is 30.9 Å². The normalized spacial score (nSPS) is 12.2. The van der Waals surface area contributed by atoms with E-state index in [0.29, 0.717) is 17.7 Å². The lowest BCUT2D eigenvalue weighted by Gasteiger charge is -2.08. The van der Waals surface area contributed by atoms with Crippen molar-refractivity contribution in [2.45, 2.75) is 47.5 Å². The number of nitrogens with zero attached hydrogens (tertiary/aromatic N) is 2. The molecule has 0 unspecified atom stereocenters. The molecule has 0 saturated heterocycles. The third kappa shape index (κ3) is 3.57. The molecule has 0 aromatic carbocycles. The van der Waals surface area contributed by atoms with E-state index >= 15 is 0 Å². The Kier molecular flexibility index (Phi) is 5.35. The molecule has 0 aliphatic carbocycles. The Morgan fingerprint density at radius 3 is 2.00 bits per heavy atom. The van der Waals surface area contributed by atoms with Crippen LogP contribution in [0.4, 0.5) is 0 Å². The van der Waals surface area contributed by atoms with Crippen LogP contribution < -0.4 is 0 Å². The van der Waals surface area contributed by atoms with Crippen LogP contribution in [0.3, 0.4) is 0 Å². The summed E-state index contributed by atoms with van der Waals surface area (Å²) in [5.74, 6) is 2.37. The summed E-state index contributed by atoms with van der Waals surface area (Å²) in [6.45, 7) is 12.2. The van der Waals surface area contributed by atoms with Crippen molar-refractivity contribution < 1.29 is 4.52 Å². The van der Waals surface area contributed by atoms with Crippen LogP contribution >= 0.6 is 0 Å². The van der Waals surface area contributed by atoms with Crippen LogP contribution in [-0.4, -0.2) is 10.1 Å². The predicted octanol–water partition coefficient (Wildman–Crippen LogP) is 3.16. The highest BCUT2D eigenvalue weighted by molar-refractivity contribution is 4.91. The van der Waals surface area contributed by atoms with Crippen LogP contribution in [0.1, 0.15) is 52.3 Å². The van der Waals surface area contributed by atoms with E-state index in [0.717, 1.165) is 5.89 Å². The second-order valence-electron chi connectivity index (χ2n) is 3.21. The summed E-state index contributed by atoms with van der Waals surface area (Å²) in [6, 6.07) is 0. The molecule has 3 heteroatoms. The molecular formula is C10H20N2O. The molecule has 0 radical (unpaired) electrons. The van der Waals surface area contributed by atoms with Gasteiger partial charge in [0.25, 0.3) is 0 Å². The average molecular weight is 184 g/mol. The lowest BCUT2D eigenvalue weighted by Crippen LogP contribution is -2.01. The van der Waals surface area contributed by atoms with Gasteiger partial charge in [-0.3, -0.25) is 0 Å². The number of hydrogen-bond acceptors (Lipinski definition) is 3. The maximum atomic E-state index is 5.03. The van der Waals surface area contributed by atoms with Crippen molar-refractivity contribution in [2.75, 3.05) is 0 Å².